The Labute approximate surface area is 91.2 Å². The molecule has 16 heavy (non-hydrogen) atoms. The van der Waals surface area contributed by atoms with Crippen molar-refractivity contribution in [3.63, 3.8) is 0 Å². The fraction of sp³-hybridized carbons (Fsp3) is 0.100. The zero-order chi connectivity index (χ0) is 12.6. The van der Waals surface area contributed by atoms with Crippen LogP contribution in [0, 0.1) is 28.6 Å². The number of phenols is 2. The molecule has 0 spiro atoms. The molecule has 6 heteroatoms. The Morgan fingerprint density at radius 2 is 1.38 bits per heavy atom. The number of carboxylic acid groups (broad SMARTS) is 1. The smallest absolute Gasteiger partial charge is 0.335 e. The van der Waals surface area contributed by atoms with Gasteiger partial charge in [0.2, 0.25) is 5.92 Å². The highest BCUT2D eigenvalue weighted by Gasteiger charge is 2.13. The SMILES string of the molecule is N#CC(C#N)C(=O)O.Oc1ccc(O)cc1. The summed E-state index contributed by atoms with van der Waals surface area (Å²) in [6.45, 7) is 0. The van der Waals surface area contributed by atoms with E-state index in [0.29, 0.717) is 0 Å². The van der Waals surface area contributed by atoms with Crippen molar-refractivity contribution in [2.45, 2.75) is 0 Å². The monoisotopic (exact) mass is 220 g/mol. The summed E-state index contributed by atoms with van der Waals surface area (Å²) in [6.07, 6.45) is 0. The van der Waals surface area contributed by atoms with Gasteiger partial charge in [-0.2, -0.15) is 10.5 Å². The van der Waals surface area contributed by atoms with Crippen LogP contribution in [0.5, 0.6) is 11.5 Å². The van der Waals surface area contributed by atoms with Crippen LogP contribution in [0.15, 0.2) is 24.3 Å². The van der Waals surface area contributed by atoms with E-state index in [9.17, 15) is 4.79 Å². The minimum atomic E-state index is -1.52. The Bertz CT molecular complexity index is 393. The second kappa shape index (κ2) is 6.68. The number of aliphatic carboxylic acids is 1. The van der Waals surface area contributed by atoms with E-state index in [2.05, 4.69) is 0 Å². The molecule has 0 aliphatic heterocycles. The van der Waals surface area contributed by atoms with Crippen LogP contribution < -0.4 is 0 Å². The van der Waals surface area contributed by atoms with Crippen LogP contribution in [0.2, 0.25) is 0 Å². The molecule has 1 aromatic rings. The molecule has 0 aliphatic rings. The minimum Gasteiger partial charge on any atom is -0.508 e. The fourth-order valence-electron chi connectivity index (χ4n) is 0.592. The number of hydrogen-bond acceptors (Lipinski definition) is 5. The van der Waals surface area contributed by atoms with Crippen LogP contribution in [0.4, 0.5) is 0 Å². The van der Waals surface area contributed by atoms with E-state index in [0.717, 1.165) is 0 Å². The van der Waals surface area contributed by atoms with Crippen LogP contribution >= 0.6 is 0 Å². The lowest BCUT2D eigenvalue weighted by molar-refractivity contribution is -0.138. The van der Waals surface area contributed by atoms with Crippen molar-refractivity contribution in [3.05, 3.63) is 24.3 Å². The van der Waals surface area contributed by atoms with Gasteiger partial charge in [0.05, 0.1) is 12.1 Å². The van der Waals surface area contributed by atoms with Crippen molar-refractivity contribution in [2.75, 3.05) is 0 Å². The first-order valence-corrected chi connectivity index (χ1v) is 4.01. The van der Waals surface area contributed by atoms with E-state index in [1.165, 1.54) is 36.4 Å². The van der Waals surface area contributed by atoms with Crippen molar-refractivity contribution in [1.29, 1.82) is 10.5 Å². The second-order valence-corrected chi connectivity index (χ2v) is 2.55. The molecule has 0 saturated carbocycles. The van der Waals surface area contributed by atoms with Crippen LogP contribution in [0.1, 0.15) is 0 Å². The van der Waals surface area contributed by atoms with Gasteiger partial charge in [0.25, 0.3) is 0 Å². The third kappa shape index (κ3) is 5.10. The van der Waals surface area contributed by atoms with Gasteiger partial charge in [-0.05, 0) is 24.3 Å². The maximum absolute atomic E-state index is 9.72. The van der Waals surface area contributed by atoms with E-state index >= 15 is 0 Å². The summed E-state index contributed by atoms with van der Waals surface area (Å²) < 4.78 is 0. The molecule has 0 amide bonds. The fourth-order valence-corrected chi connectivity index (χ4v) is 0.592. The molecule has 0 fully saturated rings. The molecule has 0 aromatic heterocycles. The van der Waals surface area contributed by atoms with Gasteiger partial charge in [-0.1, -0.05) is 0 Å². The lowest BCUT2D eigenvalue weighted by Gasteiger charge is -1.88. The van der Waals surface area contributed by atoms with Gasteiger partial charge in [0.15, 0.2) is 0 Å². The molecule has 1 aromatic carbocycles. The summed E-state index contributed by atoms with van der Waals surface area (Å²) in [5.41, 5.74) is 0. The lowest BCUT2D eigenvalue weighted by Crippen LogP contribution is -2.07. The molecule has 0 bridgehead atoms. The summed E-state index contributed by atoms with van der Waals surface area (Å²) in [5, 5.41) is 40.9. The summed E-state index contributed by atoms with van der Waals surface area (Å²) in [4.78, 5) is 9.72. The Kier molecular flexibility index (Phi) is 5.54. The quantitative estimate of drug-likeness (QED) is 0.602. The highest BCUT2D eigenvalue weighted by atomic mass is 16.4. The van der Waals surface area contributed by atoms with Crippen molar-refractivity contribution in [2.24, 2.45) is 5.92 Å². The van der Waals surface area contributed by atoms with E-state index in [1.807, 2.05) is 0 Å². The maximum atomic E-state index is 9.72. The van der Waals surface area contributed by atoms with Gasteiger partial charge in [-0.25, -0.2) is 4.79 Å². The number of carbonyl (C=O) groups is 1. The molecule has 0 unspecified atom stereocenters. The molecule has 0 atom stereocenters. The molecule has 6 nitrogen and oxygen atoms in total. The number of benzene rings is 1. The standard InChI is InChI=1S/C6H6O2.C4H2N2O2/c7-5-1-2-6(8)4-3-5;5-1-3(2-6)4(7)8/h1-4,7-8H;3H,(H,7,8). The summed E-state index contributed by atoms with van der Waals surface area (Å²) >= 11 is 0. The Morgan fingerprint density at radius 1 is 1.06 bits per heavy atom. The van der Waals surface area contributed by atoms with Crippen LogP contribution in [-0.2, 0) is 4.79 Å². The van der Waals surface area contributed by atoms with Gasteiger partial charge >= 0.3 is 5.97 Å². The molecule has 0 radical (unpaired) electrons. The van der Waals surface area contributed by atoms with Crippen molar-refractivity contribution in [1.82, 2.24) is 0 Å². The molecule has 0 aliphatic carbocycles. The predicted octanol–water partition coefficient (Wildman–Crippen LogP) is 0.832. The normalized spacial score (nSPS) is 8.19. The molecular weight excluding hydrogens is 212 g/mol. The molecule has 3 N–H and O–H groups in total. The van der Waals surface area contributed by atoms with Crippen molar-refractivity contribution >= 4 is 5.97 Å². The zero-order valence-corrected chi connectivity index (χ0v) is 8.03. The third-order valence-electron chi connectivity index (χ3n) is 1.35. The summed E-state index contributed by atoms with van der Waals surface area (Å²) in [5.74, 6) is -2.57. The first-order chi connectivity index (χ1) is 7.51. The van der Waals surface area contributed by atoms with E-state index in [4.69, 9.17) is 25.8 Å². The number of carboxylic acids is 1. The van der Waals surface area contributed by atoms with Gasteiger partial charge < -0.3 is 15.3 Å². The number of nitriles is 2. The molecule has 0 heterocycles. The second-order valence-electron chi connectivity index (χ2n) is 2.55. The zero-order valence-electron chi connectivity index (χ0n) is 8.03. The lowest BCUT2D eigenvalue weighted by atomic mass is 10.2. The summed E-state index contributed by atoms with van der Waals surface area (Å²) in [6, 6.07) is 8.28. The predicted molar refractivity (Wildman–Crippen MR) is 52.1 cm³/mol. The number of nitrogens with zero attached hydrogens (tertiary/aromatic N) is 2. The minimum absolute atomic E-state index is 0.169. The maximum Gasteiger partial charge on any atom is 0.335 e. The van der Waals surface area contributed by atoms with Crippen LogP contribution in [0.3, 0.4) is 0 Å². The van der Waals surface area contributed by atoms with Crippen molar-refractivity contribution in [3.8, 4) is 23.6 Å². The van der Waals surface area contributed by atoms with Gasteiger partial charge in [-0.15, -0.1) is 0 Å². The Balaban J connectivity index is 0.000000281. The van der Waals surface area contributed by atoms with Gasteiger partial charge in [0, 0.05) is 0 Å². The third-order valence-corrected chi connectivity index (χ3v) is 1.35. The average Bonchev–Trinajstić information content (AvgIpc) is 2.25. The van der Waals surface area contributed by atoms with Crippen LogP contribution in [-0.4, -0.2) is 21.3 Å². The number of aromatic hydroxyl groups is 2. The van der Waals surface area contributed by atoms with E-state index < -0.39 is 11.9 Å². The highest BCUT2D eigenvalue weighted by molar-refractivity contribution is 5.75. The highest BCUT2D eigenvalue weighted by Crippen LogP contribution is 2.13. The van der Waals surface area contributed by atoms with Crippen molar-refractivity contribution < 1.29 is 20.1 Å². The van der Waals surface area contributed by atoms with E-state index in [1.54, 1.807) is 0 Å². The largest absolute Gasteiger partial charge is 0.508 e. The molecule has 1 rings (SSSR count). The molecule has 0 saturated heterocycles. The Hall–Kier alpha value is -2.73. The topological polar surface area (TPSA) is 125 Å². The molecule has 82 valence electrons. The number of phenolic OH excluding ortho intramolecular Hbond substituents is 2. The van der Waals surface area contributed by atoms with Crippen LogP contribution in [0.25, 0.3) is 0 Å². The van der Waals surface area contributed by atoms with Gasteiger partial charge in [-0.3, -0.25) is 0 Å². The Morgan fingerprint density at radius 3 is 1.50 bits per heavy atom. The first-order valence-electron chi connectivity index (χ1n) is 4.01. The van der Waals surface area contributed by atoms with Gasteiger partial charge in [0.1, 0.15) is 11.5 Å². The van der Waals surface area contributed by atoms with E-state index in [-0.39, 0.29) is 11.5 Å². The number of rotatable bonds is 1. The average molecular weight is 220 g/mol. The summed E-state index contributed by atoms with van der Waals surface area (Å²) in [7, 11) is 0. The first kappa shape index (κ1) is 13.3. The molecular formula is C10H8N2O4. The number of hydrogen-bond donors (Lipinski definition) is 3.